The molecule has 100 valence electrons. The molecule has 0 unspecified atom stereocenters. The molecule has 1 aliphatic rings. The summed E-state index contributed by atoms with van der Waals surface area (Å²) in [5.41, 5.74) is 1.48. The van der Waals surface area contributed by atoms with Crippen LogP contribution in [-0.2, 0) is 4.74 Å². The molecule has 5 heteroatoms. The summed E-state index contributed by atoms with van der Waals surface area (Å²) >= 11 is 0. The molecule has 0 bridgehead atoms. The van der Waals surface area contributed by atoms with Gasteiger partial charge in [0.1, 0.15) is 11.5 Å². The topological polar surface area (TPSA) is 64.6 Å². The van der Waals surface area contributed by atoms with E-state index in [0.29, 0.717) is 11.5 Å². The van der Waals surface area contributed by atoms with Gasteiger partial charge in [0.2, 0.25) is 0 Å². The SMILES string of the molecule is CNc1ccc(Oc2ccc3c(c2)C(=O)OC3=O)cc1. The summed E-state index contributed by atoms with van der Waals surface area (Å²) in [6.07, 6.45) is 0. The van der Waals surface area contributed by atoms with Crippen LogP contribution in [0, 0.1) is 0 Å². The molecule has 0 atom stereocenters. The number of benzene rings is 2. The lowest BCUT2D eigenvalue weighted by molar-refractivity contribution is 0.0443. The second-order valence-corrected chi connectivity index (χ2v) is 4.26. The lowest BCUT2D eigenvalue weighted by atomic mass is 10.1. The summed E-state index contributed by atoms with van der Waals surface area (Å²) in [4.78, 5) is 22.8. The predicted molar refractivity (Wildman–Crippen MR) is 72.3 cm³/mol. The van der Waals surface area contributed by atoms with Gasteiger partial charge in [-0.15, -0.1) is 0 Å². The smallest absolute Gasteiger partial charge is 0.347 e. The van der Waals surface area contributed by atoms with Crippen LogP contribution in [0.4, 0.5) is 5.69 Å². The van der Waals surface area contributed by atoms with Crippen molar-refractivity contribution in [1.82, 2.24) is 0 Å². The zero-order valence-electron chi connectivity index (χ0n) is 10.7. The number of nitrogens with one attached hydrogen (secondary N) is 1. The second-order valence-electron chi connectivity index (χ2n) is 4.26. The third-order valence-electron chi connectivity index (χ3n) is 2.99. The van der Waals surface area contributed by atoms with Gasteiger partial charge in [-0.1, -0.05) is 0 Å². The Morgan fingerprint density at radius 1 is 0.900 bits per heavy atom. The Morgan fingerprint density at radius 3 is 2.25 bits per heavy atom. The number of esters is 2. The van der Waals surface area contributed by atoms with Gasteiger partial charge in [-0.05, 0) is 42.5 Å². The first-order valence-corrected chi connectivity index (χ1v) is 6.03. The van der Waals surface area contributed by atoms with Crippen molar-refractivity contribution < 1.29 is 19.1 Å². The number of hydrogen-bond acceptors (Lipinski definition) is 5. The molecule has 3 rings (SSSR count). The molecule has 0 radical (unpaired) electrons. The Balaban J connectivity index is 1.86. The minimum atomic E-state index is -0.638. The van der Waals surface area contributed by atoms with Crippen molar-refractivity contribution in [2.45, 2.75) is 0 Å². The Hall–Kier alpha value is -2.82. The van der Waals surface area contributed by atoms with Crippen LogP contribution >= 0.6 is 0 Å². The first kappa shape index (κ1) is 12.2. The van der Waals surface area contributed by atoms with E-state index in [2.05, 4.69) is 10.1 Å². The molecule has 2 aromatic rings. The zero-order chi connectivity index (χ0) is 14.1. The van der Waals surface area contributed by atoms with Crippen molar-refractivity contribution in [3.63, 3.8) is 0 Å². The van der Waals surface area contributed by atoms with Crippen molar-refractivity contribution in [3.05, 3.63) is 53.6 Å². The van der Waals surface area contributed by atoms with E-state index in [4.69, 9.17) is 4.74 Å². The highest BCUT2D eigenvalue weighted by molar-refractivity contribution is 6.14. The van der Waals surface area contributed by atoms with Crippen LogP contribution in [0.1, 0.15) is 20.7 Å². The number of carbonyl (C=O) groups is 2. The summed E-state index contributed by atoms with van der Waals surface area (Å²) in [6.45, 7) is 0. The zero-order valence-corrected chi connectivity index (χ0v) is 10.7. The number of cyclic esters (lactones) is 2. The maximum atomic E-state index is 11.5. The summed E-state index contributed by atoms with van der Waals surface area (Å²) in [5.74, 6) is -0.134. The van der Waals surface area contributed by atoms with Gasteiger partial charge in [0.25, 0.3) is 0 Å². The Morgan fingerprint density at radius 2 is 1.55 bits per heavy atom. The van der Waals surface area contributed by atoms with Gasteiger partial charge in [-0.2, -0.15) is 0 Å². The van der Waals surface area contributed by atoms with Crippen molar-refractivity contribution in [1.29, 1.82) is 0 Å². The van der Waals surface area contributed by atoms with Gasteiger partial charge in [0.05, 0.1) is 11.1 Å². The van der Waals surface area contributed by atoms with Crippen LogP contribution in [-0.4, -0.2) is 19.0 Å². The highest BCUT2D eigenvalue weighted by Crippen LogP contribution is 2.28. The van der Waals surface area contributed by atoms with E-state index in [1.807, 2.05) is 31.3 Å². The molecule has 5 nitrogen and oxygen atoms in total. The van der Waals surface area contributed by atoms with E-state index >= 15 is 0 Å². The van der Waals surface area contributed by atoms with Crippen LogP contribution in [0.3, 0.4) is 0 Å². The molecule has 1 heterocycles. The fraction of sp³-hybridized carbons (Fsp3) is 0.0667. The maximum Gasteiger partial charge on any atom is 0.347 e. The van der Waals surface area contributed by atoms with E-state index in [1.165, 1.54) is 12.1 Å². The van der Waals surface area contributed by atoms with E-state index in [1.54, 1.807) is 6.07 Å². The predicted octanol–water partition coefficient (Wildman–Crippen LogP) is 2.83. The monoisotopic (exact) mass is 269 g/mol. The minimum Gasteiger partial charge on any atom is -0.457 e. The molecule has 0 amide bonds. The Labute approximate surface area is 115 Å². The van der Waals surface area contributed by atoms with E-state index in [9.17, 15) is 9.59 Å². The van der Waals surface area contributed by atoms with Crippen LogP contribution in [0.25, 0.3) is 0 Å². The highest BCUT2D eigenvalue weighted by atomic mass is 16.6. The van der Waals surface area contributed by atoms with Gasteiger partial charge >= 0.3 is 11.9 Å². The molecule has 20 heavy (non-hydrogen) atoms. The van der Waals surface area contributed by atoms with Crippen molar-refractivity contribution in [3.8, 4) is 11.5 Å². The summed E-state index contributed by atoms with van der Waals surface area (Å²) in [5, 5.41) is 3.01. The van der Waals surface area contributed by atoms with Gasteiger partial charge in [-0.3, -0.25) is 0 Å². The van der Waals surface area contributed by atoms with Crippen LogP contribution in [0.15, 0.2) is 42.5 Å². The standard InChI is InChI=1S/C15H11NO4/c1-16-9-2-4-10(5-3-9)19-11-6-7-12-13(8-11)15(18)20-14(12)17/h2-8,16H,1H3. The molecule has 1 N–H and O–H groups in total. The number of rotatable bonds is 3. The number of carbonyl (C=O) groups excluding carboxylic acids is 2. The molecular formula is C15H11NO4. The number of fused-ring (bicyclic) bond motifs is 1. The Kier molecular flexibility index (Phi) is 2.87. The Bertz CT molecular complexity index is 692. The van der Waals surface area contributed by atoms with Crippen LogP contribution in [0.5, 0.6) is 11.5 Å². The van der Waals surface area contributed by atoms with E-state index in [0.717, 1.165) is 5.69 Å². The third-order valence-corrected chi connectivity index (χ3v) is 2.99. The molecule has 2 aromatic carbocycles. The lowest BCUT2D eigenvalue weighted by Gasteiger charge is -2.07. The lowest BCUT2D eigenvalue weighted by Crippen LogP contribution is -1.96. The summed E-state index contributed by atoms with van der Waals surface area (Å²) < 4.78 is 10.2. The van der Waals surface area contributed by atoms with Crippen LogP contribution < -0.4 is 10.1 Å². The minimum absolute atomic E-state index is 0.236. The molecular weight excluding hydrogens is 258 g/mol. The van der Waals surface area contributed by atoms with Gasteiger partial charge < -0.3 is 14.8 Å². The van der Waals surface area contributed by atoms with Gasteiger partial charge in [-0.25, -0.2) is 9.59 Å². The molecule has 0 saturated heterocycles. The third kappa shape index (κ3) is 2.09. The van der Waals surface area contributed by atoms with Crippen molar-refractivity contribution in [2.75, 3.05) is 12.4 Å². The van der Waals surface area contributed by atoms with Crippen molar-refractivity contribution >= 4 is 17.6 Å². The fourth-order valence-electron chi connectivity index (χ4n) is 1.95. The van der Waals surface area contributed by atoms with E-state index in [-0.39, 0.29) is 11.1 Å². The summed E-state index contributed by atoms with van der Waals surface area (Å²) in [6, 6.07) is 12.0. The normalized spacial score (nSPS) is 12.8. The first-order chi connectivity index (χ1) is 9.67. The molecule has 0 fully saturated rings. The highest BCUT2D eigenvalue weighted by Gasteiger charge is 2.29. The largest absolute Gasteiger partial charge is 0.457 e. The number of ether oxygens (including phenoxy) is 2. The number of hydrogen-bond donors (Lipinski definition) is 1. The first-order valence-electron chi connectivity index (χ1n) is 6.03. The van der Waals surface area contributed by atoms with E-state index < -0.39 is 11.9 Å². The number of anilines is 1. The van der Waals surface area contributed by atoms with Gasteiger partial charge in [0, 0.05) is 12.7 Å². The quantitative estimate of drug-likeness (QED) is 0.685. The average molecular weight is 269 g/mol. The molecule has 0 saturated carbocycles. The molecule has 1 aliphatic heterocycles. The fourth-order valence-corrected chi connectivity index (χ4v) is 1.95. The van der Waals surface area contributed by atoms with Crippen LogP contribution in [0.2, 0.25) is 0 Å². The average Bonchev–Trinajstić information content (AvgIpc) is 2.75. The second kappa shape index (κ2) is 4.70. The molecule has 0 aromatic heterocycles. The maximum absolute atomic E-state index is 11.5. The molecule has 0 aliphatic carbocycles. The summed E-state index contributed by atoms with van der Waals surface area (Å²) in [7, 11) is 1.83. The van der Waals surface area contributed by atoms with Crippen molar-refractivity contribution in [2.24, 2.45) is 0 Å². The molecule has 0 spiro atoms. The van der Waals surface area contributed by atoms with Gasteiger partial charge in [0.15, 0.2) is 0 Å².